The SMILES string of the molecule is CCCCCOC(=O)N=NC(=O)Oc1ccccc1. The van der Waals surface area contributed by atoms with Crippen molar-refractivity contribution in [1.82, 2.24) is 0 Å². The molecular formula is C13H16N2O4. The van der Waals surface area contributed by atoms with Crippen LogP contribution in [0.15, 0.2) is 40.6 Å². The Morgan fingerprint density at radius 1 is 1.05 bits per heavy atom. The minimum absolute atomic E-state index is 0.277. The maximum absolute atomic E-state index is 11.2. The fourth-order valence-electron chi connectivity index (χ4n) is 1.23. The number of hydrogen-bond acceptors (Lipinski definition) is 4. The third-order valence-corrected chi connectivity index (χ3v) is 2.14. The quantitative estimate of drug-likeness (QED) is 0.595. The summed E-state index contributed by atoms with van der Waals surface area (Å²) in [6, 6.07) is 8.39. The van der Waals surface area contributed by atoms with E-state index in [0.29, 0.717) is 5.75 Å². The molecule has 0 aromatic heterocycles. The van der Waals surface area contributed by atoms with Gasteiger partial charge in [-0.1, -0.05) is 48.2 Å². The Bertz CT molecular complexity index is 432. The summed E-state index contributed by atoms with van der Waals surface area (Å²) >= 11 is 0. The zero-order valence-electron chi connectivity index (χ0n) is 10.7. The van der Waals surface area contributed by atoms with Gasteiger partial charge in [-0.25, -0.2) is 9.59 Å². The predicted octanol–water partition coefficient (Wildman–Crippen LogP) is 3.96. The Balaban J connectivity index is 2.27. The lowest BCUT2D eigenvalue weighted by molar-refractivity contribution is 0.152. The number of rotatable bonds is 5. The van der Waals surface area contributed by atoms with Crippen LogP contribution in [0.3, 0.4) is 0 Å². The van der Waals surface area contributed by atoms with E-state index >= 15 is 0 Å². The molecule has 2 amide bonds. The summed E-state index contributed by atoms with van der Waals surface area (Å²) in [5.74, 6) is 0.336. The molecule has 0 aliphatic heterocycles. The molecule has 6 nitrogen and oxygen atoms in total. The second kappa shape index (κ2) is 8.79. The Kier molecular flexibility index (Phi) is 6.86. The molecule has 0 atom stereocenters. The van der Waals surface area contributed by atoms with Gasteiger partial charge < -0.3 is 9.47 Å². The number of benzene rings is 1. The Morgan fingerprint density at radius 3 is 2.42 bits per heavy atom. The third-order valence-electron chi connectivity index (χ3n) is 2.14. The molecule has 102 valence electrons. The van der Waals surface area contributed by atoms with Crippen LogP contribution in [0.25, 0.3) is 0 Å². The molecule has 0 N–H and O–H groups in total. The average molecular weight is 264 g/mol. The largest absolute Gasteiger partial charge is 0.458 e. The number of unbranched alkanes of at least 4 members (excludes halogenated alkanes) is 2. The number of carbonyl (C=O) groups is 2. The van der Waals surface area contributed by atoms with Crippen LogP contribution in [-0.2, 0) is 4.74 Å². The lowest BCUT2D eigenvalue weighted by Crippen LogP contribution is -2.04. The molecule has 1 aromatic carbocycles. The van der Waals surface area contributed by atoms with E-state index in [1.165, 1.54) is 0 Å². The fourth-order valence-corrected chi connectivity index (χ4v) is 1.23. The fraction of sp³-hybridized carbons (Fsp3) is 0.385. The van der Waals surface area contributed by atoms with Gasteiger partial charge in [0.25, 0.3) is 0 Å². The highest BCUT2D eigenvalue weighted by Gasteiger charge is 2.04. The van der Waals surface area contributed by atoms with Gasteiger partial charge in [0.15, 0.2) is 0 Å². The first kappa shape index (κ1) is 14.8. The van der Waals surface area contributed by atoms with Gasteiger partial charge in [0.05, 0.1) is 6.61 Å². The van der Waals surface area contributed by atoms with Crippen LogP contribution in [0, 0.1) is 0 Å². The van der Waals surface area contributed by atoms with Crippen molar-refractivity contribution in [3.63, 3.8) is 0 Å². The van der Waals surface area contributed by atoms with Crippen molar-refractivity contribution in [3.05, 3.63) is 30.3 Å². The molecule has 0 bridgehead atoms. The first-order valence-corrected chi connectivity index (χ1v) is 6.07. The molecule has 0 fully saturated rings. The number of hydrogen-bond donors (Lipinski definition) is 0. The average Bonchev–Trinajstić information content (AvgIpc) is 2.42. The first-order chi connectivity index (χ1) is 9.22. The molecule has 0 aliphatic carbocycles. The molecule has 0 spiro atoms. The Hall–Kier alpha value is -2.24. The topological polar surface area (TPSA) is 77.3 Å². The van der Waals surface area contributed by atoms with Crippen LogP contribution in [-0.4, -0.2) is 18.8 Å². The highest BCUT2D eigenvalue weighted by molar-refractivity contribution is 5.74. The molecule has 1 rings (SSSR count). The van der Waals surface area contributed by atoms with Crippen LogP contribution in [0.4, 0.5) is 9.59 Å². The van der Waals surface area contributed by atoms with E-state index in [9.17, 15) is 9.59 Å². The Morgan fingerprint density at radius 2 is 1.74 bits per heavy atom. The second-order valence-corrected chi connectivity index (χ2v) is 3.70. The van der Waals surface area contributed by atoms with Gasteiger partial charge in [0, 0.05) is 0 Å². The number of carbonyl (C=O) groups excluding carboxylic acids is 2. The number of azo groups is 1. The van der Waals surface area contributed by atoms with Crippen LogP contribution in [0.1, 0.15) is 26.2 Å². The van der Waals surface area contributed by atoms with Crippen molar-refractivity contribution in [3.8, 4) is 5.75 Å². The summed E-state index contributed by atoms with van der Waals surface area (Å²) in [6.07, 6.45) is 0.924. The Labute approximate surface area is 111 Å². The standard InChI is InChI=1S/C13H16N2O4/c1-2-3-7-10-18-12(16)14-15-13(17)19-11-8-5-4-6-9-11/h4-6,8-9H,2-3,7,10H2,1H3. The summed E-state index contributed by atoms with van der Waals surface area (Å²) in [5.41, 5.74) is 0. The highest BCUT2D eigenvalue weighted by Crippen LogP contribution is 2.09. The smallest absolute Gasteiger partial charge is 0.447 e. The monoisotopic (exact) mass is 264 g/mol. The van der Waals surface area contributed by atoms with Gasteiger partial charge in [-0.05, 0) is 18.6 Å². The van der Waals surface area contributed by atoms with Gasteiger partial charge >= 0.3 is 12.2 Å². The van der Waals surface area contributed by atoms with Gasteiger partial charge in [-0.15, -0.1) is 0 Å². The normalized spacial score (nSPS) is 10.4. The van der Waals surface area contributed by atoms with Gasteiger partial charge in [-0.2, -0.15) is 0 Å². The van der Waals surface area contributed by atoms with Crippen molar-refractivity contribution in [2.75, 3.05) is 6.61 Å². The molecule has 19 heavy (non-hydrogen) atoms. The van der Waals surface area contributed by atoms with Crippen LogP contribution >= 0.6 is 0 Å². The van der Waals surface area contributed by atoms with Crippen molar-refractivity contribution in [1.29, 1.82) is 0 Å². The van der Waals surface area contributed by atoms with Crippen molar-refractivity contribution < 1.29 is 19.1 Å². The van der Waals surface area contributed by atoms with E-state index in [1.807, 2.05) is 6.92 Å². The maximum Gasteiger partial charge on any atom is 0.458 e. The summed E-state index contributed by atoms with van der Waals surface area (Å²) in [5, 5.41) is 6.21. The van der Waals surface area contributed by atoms with Gasteiger partial charge in [0.1, 0.15) is 5.75 Å². The first-order valence-electron chi connectivity index (χ1n) is 6.07. The van der Waals surface area contributed by atoms with Crippen LogP contribution in [0.5, 0.6) is 5.75 Å². The van der Waals surface area contributed by atoms with E-state index in [0.717, 1.165) is 19.3 Å². The highest BCUT2D eigenvalue weighted by atomic mass is 16.6. The number of amides is 2. The lowest BCUT2D eigenvalue weighted by atomic mass is 10.3. The molecule has 1 aromatic rings. The van der Waals surface area contributed by atoms with Crippen molar-refractivity contribution in [2.24, 2.45) is 10.2 Å². The van der Waals surface area contributed by atoms with E-state index in [4.69, 9.17) is 9.47 Å². The summed E-state index contributed by atoms with van der Waals surface area (Å²) < 4.78 is 9.54. The zero-order chi connectivity index (χ0) is 13.9. The molecule has 0 saturated heterocycles. The molecule has 0 radical (unpaired) electrons. The van der Waals surface area contributed by atoms with Crippen molar-refractivity contribution in [2.45, 2.75) is 26.2 Å². The number of ether oxygens (including phenoxy) is 2. The predicted molar refractivity (Wildman–Crippen MR) is 68.2 cm³/mol. The van der Waals surface area contributed by atoms with E-state index in [-0.39, 0.29) is 6.61 Å². The van der Waals surface area contributed by atoms with E-state index in [1.54, 1.807) is 30.3 Å². The summed E-state index contributed by atoms with van der Waals surface area (Å²) in [4.78, 5) is 22.3. The van der Waals surface area contributed by atoms with Crippen LogP contribution < -0.4 is 4.74 Å². The van der Waals surface area contributed by atoms with E-state index < -0.39 is 12.2 Å². The summed E-state index contributed by atoms with van der Waals surface area (Å²) in [6.45, 7) is 2.32. The second-order valence-electron chi connectivity index (χ2n) is 3.70. The van der Waals surface area contributed by atoms with Gasteiger partial charge in [0.2, 0.25) is 0 Å². The zero-order valence-corrected chi connectivity index (χ0v) is 10.7. The molecule has 0 saturated carbocycles. The number of nitrogens with zero attached hydrogens (tertiary/aromatic N) is 2. The van der Waals surface area contributed by atoms with Gasteiger partial charge in [-0.3, -0.25) is 0 Å². The minimum Gasteiger partial charge on any atom is -0.447 e. The van der Waals surface area contributed by atoms with Crippen LogP contribution in [0.2, 0.25) is 0 Å². The summed E-state index contributed by atoms with van der Waals surface area (Å²) in [7, 11) is 0. The molecule has 0 heterocycles. The lowest BCUT2D eigenvalue weighted by Gasteiger charge is -1.99. The molecule has 0 unspecified atom stereocenters. The number of para-hydroxylation sites is 1. The third kappa shape index (κ3) is 6.92. The molecule has 0 aliphatic rings. The molecule has 6 heteroatoms. The maximum atomic E-state index is 11.2. The molecular weight excluding hydrogens is 248 g/mol. The minimum atomic E-state index is -0.961. The van der Waals surface area contributed by atoms with Crippen molar-refractivity contribution >= 4 is 12.2 Å². The van der Waals surface area contributed by atoms with E-state index in [2.05, 4.69) is 10.2 Å².